The van der Waals surface area contributed by atoms with Crippen molar-refractivity contribution < 1.29 is 13.2 Å². The number of methoxy groups -OCH3 is 1. The van der Waals surface area contributed by atoms with E-state index < -0.39 is 10.0 Å². The van der Waals surface area contributed by atoms with Crippen molar-refractivity contribution in [2.24, 2.45) is 5.14 Å². The highest BCUT2D eigenvalue weighted by Gasteiger charge is 2.14. The second-order valence-corrected chi connectivity index (χ2v) is 4.79. The second-order valence-electron chi connectivity index (χ2n) is 2.34. The third kappa shape index (κ3) is 2.43. The molecule has 0 saturated heterocycles. The Morgan fingerprint density at radius 2 is 2.08 bits per heavy atom. The molecule has 0 spiro atoms. The number of ether oxygens (including phenoxy) is 1. The van der Waals surface area contributed by atoms with Gasteiger partial charge in [-0.15, -0.1) is 0 Å². The summed E-state index contributed by atoms with van der Waals surface area (Å²) in [6, 6.07) is 4.51. The van der Waals surface area contributed by atoms with Crippen LogP contribution in [0.3, 0.4) is 0 Å². The first-order valence-corrected chi connectivity index (χ1v) is 5.65. The molecule has 0 bridgehead atoms. The summed E-state index contributed by atoms with van der Waals surface area (Å²) in [5.74, 6) is 0.233. The average molecular weight is 266 g/mol. The molecule has 0 radical (unpaired) electrons. The van der Waals surface area contributed by atoms with Gasteiger partial charge in [-0.25, -0.2) is 13.6 Å². The predicted molar refractivity (Wildman–Crippen MR) is 52.1 cm³/mol. The lowest BCUT2D eigenvalue weighted by Gasteiger charge is -2.05. The molecule has 1 aromatic carbocycles. The van der Waals surface area contributed by atoms with Crippen molar-refractivity contribution in [1.82, 2.24) is 0 Å². The molecule has 0 fully saturated rings. The maximum atomic E-state index is 11.0. The first kappa shape index (κ1) is 10.5. The summed E-state index contributed by atoms with van der Waals surface area (Å²) in [4.78, 5) is -0.0156. The molecule has 1 aromatic rings. The molecule has 1 rings (SSSR count). The average Bonchev–Trinajstić information content (AvgIpc) is 2.01. The maximum Gasteiger partial charge on any atom is 0.241 e. The molecule has 72 valence electrons. The monoisotopic (exact) mass is 265 g/mol. The van der Waals surface area contributed by atoms with Crippen molar-refractivity contribution in [2.45, 2.75) is 4.90 Å². The molecule has 2 N–H and O–H groups in total. The van der Waals surface area contributed by atoms with E-state index in [4.69, 9.17) is 9.88 Å². The van der Waals surface area contributed by atoms with Gasteiger partial charge in [0.25, 0.3) is 0 Å². The van der Waals surface area contributed by atoms with E-state index in [0.29, 0.717) is 0 Å². The highest BCUT2D eigenvalue weighted by molar-refractivity contribution is 9.10. The molecule has 0 amide bonds. The van der Waals surface area contributed by atoms with Crippen LogP contribution in [0.4, 0.5) is 0 Å². The molecule has 0 saturated carbocycles. The Balaban J connectivity index is 3.39. The van der Waals surface area contributed by atoms with Crippen molar-refractivity contribution >= 4 is 26.0 Å². The summed E-state index contributed by atoms with van der Waals surface area (Å²) >= 11 is 3.19. The largest absolute Gasteiger partial charge is 0.495 e. The molecule has 4 nitrogen and oxygen atoms in total. The van der Waals surface area contributed by atoms with E-state index in [1.54, 1.807) is 12.1 Å². The van der Waals surface area contributed by atoms with Crippen LogP contribution in [0.2, 0.25) is 0 Å². The minimum Gasteiger partial charge on any atom is -0.495 e. The minimum absolute atomic E-state index is 0.0156. The first-order valence-electron chi connectivity index (χ1n) is 3.31. The van der Waals surface area contributed by atoms with Crippen molar-refractivity contribution in [3.05, 3.63) is 22.7 Å². The standard InChI is InChI=1S/C7H8BrNO3S/c1-12-6-4-5(8)2-3-7(6)13(9,10)11/h2-4H,1H3,(H2,9,10,11). The van der Waals surface area contributed by atoms with Gasteiger partial charge in [0.15, 0.2) is 0 Å². The number of primary sulfonamides is 1. The summed E-state index contributed by atoms with van der Waals surface area (Å²) in [5.41, 5.74) is 0. The van der Waals surface area contributed by atoms with Crippen LogP contribution in [0.15, 0.2) is 27.6 Å². The molecule has 0 unspecified atom stereocenters. The summed E-state index contributed by atoms with van der Waals surface area (Å²) in [6.45, 7) is 0. The van der Waals surface area contributed by atoms with Gasteiger partial charge in [0.1, 0.15) is 10.6 Å². The van der Waals surface area contributed by atoms with E-state index in [0.717, 1.165) is 4.47 Å². The molecular weight excluding hydrogens is 258 g/mol. The van der Waals surface area contributed by atoms with Crippen molar-refractivity contribution in [3.8, 4) is 5.75 Å². The number of halogens is 1. The van der Waals surface area contributed by atoms with Crippen LogP contribution >= 0.6 is 15.9 Å². The van der Waals surface area contributed by atoms with Crippen LogP contribution in [0.5, 0.6) is 5.75 Å². The van der Waals surface area contributed by atoms with Crippen molar-refractivity contribution in [2.75, 3.05) is 7.11 Å². The molecule has 0 atom stereocenters. The highest BCUT2D eigenvalue weighted by Crippen LogP contribution is 2.26. The fraction of sp³-hybridized carbons (Fsp3) is 0.143. The van der Waals surface area contributed by atoms with Gasteiger partial charge >= 0.3 is 0 Å². The van der Waals surface area contributed by atoms with Gasteiger partial charge in [-0.1, -0.05) is 15.9 Å². The molecule has 13 heavy (non-hydrogen) atoms. The van der Waals surface area contributed by atoms with Gasteiger partial charge in [0.2, 0.25) is 10.0 Å². The molecule has 0 heterocycles. The van der Waals surface area contributed by atoms with E-state index in [9.17, 15) is 8.42 Å². The van der Waals surface area contributed by atoms with Gasteiger partial charge in [-0.3, -0.25) is 0 Å². The summed E-state index contributed by atoms with van der Waals surface area (Å²) in [6.07, 6.45) is 0. The van der Waals surface area contributed by atoms with Gasteiger partial charge in [-0.05, 0) is 18.2 Å². The highest BCUT2D eigenvalue weighted by atomic mass is 79.9. The predicted octanol–water partition coefficient (Wildman–Crippen LogP) is 1.11. The topological polar surface area (TPSA) is 69.4 Å². The zero-order valence-corrected chi connectivity index (χ0v) is 9.22. The van der Waals surface area contributed by atoms with E-state index in [1.165, 1.54) is 13.2 Å². The lowest BCUT2D eigenvalue weighted by molar-refractivity contribution is 0.402. The van der Waals surface area contributed by atoms with Crippen LogP contribution in [-0.2, 0) is 10.0 Å². The third-order valence-electron chi connectivity index (χ3n) is 1.43. The zero-order valence-electron chi connectivity index (χ0n) is 6.82. The Labute approximate surface area is 84.9 Å². The molecular formula is C7H8BrNO3S. The summed E-state index contributed by atoms with van der Waals surface area (Å²) < 4.78 is 27.6. The fourth-order valence-corrected chi connectivity index (χ4v) is 1.90. The second kappa shape index (κ2) is 3.65. The van der Waals surface area contributed by atoms with E-state index in [1.807, 2.05) is 0 Å². The number of hydrogen-bond donors (Lipinski definition) is 1. The van der Waals surface area contributed by atoms with Crippen LogP contribution < -0.4 is 9.88 Å². The fourth-order valence-electron chi connectivity index (χ4n) is 0.876. The molecule has 0 aliphatic heterocycles. The van der Waals surface area contributed by atoms with E-state index >= 15 is 0 Å². The quantitative estimate of drug-likeness (QED) is 0.871. The SMILES string of the molecule is COc1cc(Br)ccc1S(N)(=O)=O. The van der Waals surface area contributed by atoms with Crippen LogP contribution in [0, 0.1) is 0 Å². The lowest BCUT2D eigenvalue weighted by Crippen LogP contribution is -2.13. The van der Waals surface area contributed by atoms with Crippen LogP contribution in [-0.4, -0.2) is 15.5 Å². The number of sulfonamides is 1. The maximum absolute atomic E-state index is 11.0. The van der Waals surface area contributed by atoms with Gasteiger partial charge in [0.05, 0.1) is 7.11 Å². The van der Waals surface area contributed by atoms with Crippen molar-refractivity contribution in [3.63, 3.8) is 0 Å². The third-order valence-corrected chi connectivity index (χ3v) is 2.88. The Morgan fingerprint density at radius 1 is 1.46 bits per heavy atom. The Bertz CT molecular complexity index is 416. The summed E-state index contributed by atoms with van der Waals surface area (Å²) in [5, 5.41) is 4.96. The number of hydrogen-bond acceptors (Lipinski definition) is 3. The Morgan fingerprint density at radius 3 is 2.54 bits per heavy atom. The smallest absolute Gasteiger partial charge is 0.241 e. The summed E-state index contributed by atoms with van der Waals surface area (Å²) in [7, 11) is -2.32. The van der Waals surface area contributed by atoms with E-state index in [2.05, 4.69) is 15.9 Å². The van der Waals surface area contributed by atoms with Gasteiger partial charge in [0, 0.05) is 4.47 Å². The van der Waals surface area contributed by atoms with Crippen LogP contribution in [0.25, 0.3) is 0 Å². The zero-order chi connectivity index (χ0) is 10.1. The van der Waals surface area contributed by atoms with Crippen LogP contribution in [0.1, 0.15) is 0 Å². The first-order chi connectivity index (χ1) is 5.95. The molecule has 6 heteroatoms. The number of nitrogens with two attached hydrogens (primary N) is 1. The molecule has 0 aromatic heterocycles. The molecule has 0 aliphatic carbocycles. The van der Waals surface area contributed by atoms with Gasteiger partial charge < -0.3 is 4.74 Å². The Hall–Kier alpha value is -0.590. The lowest BCUT2D eigenvalue weighted by atomic mass is 10.3. The number of rotatable bonds is 2. The minimum atomic E-state index is -3.71. The van der Waals surface area contributed by atoms with Gasteiger partial charge in [-0.2, -0.15) is 0 Å². The van der Waals surface area contributed by atoms with Crippen molar-refractivity contribution in [1.29, 1.82) is 0 Å². The van der Waals surface area contributed by atoms with E-state index in [-0.39, 0.29) is 10.6 Å². The molecule has 0 aliphatic rings. The normalized spacial score (nSPS) is 11.3. The Kier molecular flexibility index (Phi) is 2.94. The number of benzene rings is 1.